The monoisotopic (exact) mass is 475 g/mol. The number of imidazole rings is 1. The number of hydrazone groups is 1. The largest absolute Gasteiger partial charge is 0.269 e. The molecule has 1 N–H and O–H groups in total. The van der Waals surface area contributed by atoms with Gasteiger partial charge in [-0.3, -0.25) is 15.5 Å². The lowest BCUT2D eigenvalue weighted by atomic mass is 10.1. The third kappa shape index (κ3) is 4.23. The van der Waals surface area contributed by atoms with Crippen LogP contribution in [0.2, 0.25) is 0 Å². The van der Waals surface area contributed by atoms with Gasteiger partial charge < -0.3 is 0 Å². The molecular weight excluding hydrogens is 458 g/mol. The Morgan fingerprint density at radius 2 is 1.91 bits per heavy atom. The SMILES string of the molecule is CCc1nn2c(/C=N/Nc3nc(-c4ccc([N+](=O)[O-])cc4)cs3)c(-c3ccccc3)nc2s1. The lowest BCUT2D eigenvalue weighted by Gasteiger charge is -1.99. The van der Waals surface area contributed by atoms with Crippen molar-refractivity contribution >= 4 is 44.7 Å². The molecule has 0 aliphatic heterocycles. The van der Waals surface area contributed by atoms with Crippen molar-refractivity contribution in [3.8, 4) is 22.5 Å². The van der Waals surface area contributed by atoms with Gasteiger partial charge in [0.25, 0.3) is 5.69 Å². The Labute approximate surface area is 196 Å². The highest BCUT2D eigenvalue weighted by atomic mass is 32.1. The van der Waals surface area contributed by atoms with E-state index < -0.39 is 4.92 Å². The Hall–Kier alpha value is -3.96. The van der Waals surface area contributed by atoms with Gasteiger partial charge in [-0.05, 0) is 18.6 Å². The summed E-state index contributed by atoms with van der Waals surface area (Å²) in [6.07, 6.45) is 2.54. The van der Waals surface area contributed by atoms with E-state index in [-0.39, 0.29) is 5.69 Å². The molecule has 5 rings (SSSR count). The van der Waals surface area contributed by atoms with Crippen LogP contribution in [0.15, 0.2) is 65.1 Å². The second kappa shape index (κ2) is 8.88. The van der Waals surface area contributed by atoms with Gasteiger partial charge in [0, 0.05) is 28.6 Å². The Kier molecular flexibility index (Phi) is 5.63. The lowest BCUT2D eigenvalue weighted by Crippen LogP contribution is -1.98. The highest BCUT2D eigenvalue weighted by molar-refractivity contribution is 7.16. The molecule has 0 aliphatic rings. The van der Waals surface area contributed by atoms with Gasteiger partial charge in [0.15, 0.2) is 0 Å². The van der Waals surface area contributed by atoms with Crippen LogP contribution in [0.25, 0.3) is 27.5 Å². The summed E-state index contributed by atoms with van der Waals surface area (Å²) in [6, 6.07) is 16.2. The first-order valence-corrected chi connectivity index (χ1v) is 11.8. The number of nitrogens with zero attached hydrogens (tertiary/aromatic N) is 6. The number of benzene rings is 2. The normalized spacial score (nSPS) is 11.4. The van der Waals surface area contributed by atoms with E-state index in [4.69, 9.17) is 4.98 Å². The molecule has 5 aromatic rings. The van der Waals surface area contributed by atoms with Crippen molar-refractivity contribution < 1.29 is 4.92 Å². The topological polar surface area (TPSA) is 111 Å². The van der Waals surface area contributed by atoms with E-state index in [9.17, 15) is 10.1 Å². The molecule has 9 nitrogen and oxygen atoms in total. The number of aromatic nitrogens is 4. The van der Waals surface area contributed by atoms with Gasteiger partial charge in [-0.15, -0.1) is 11.3 Å². The second-order valence-corrected chi connectivity index (χ2v) is 8.87. The molecule has 2 aromatic carbocycles. The Balaban J connectivity index is 1.40. The lowest BCUT2D eigenvalue weighted by molar-refractivity contribution is -0.384. The van der Waals surface area contributed by atoms with Crippen LogP contribution in [0.5, 0.6) is 0 Å². The zero-order chi connectivity index (χ0) is 22.8. The Bertz CT molecular complexity index is 1450. The molecule has 164 valence electrons. The molecule has 11 heteroatoms. The van der Waals surface area contributed by atoms with Crippen molar-refractivity contribution in [1.82, 2.24) is 19.6 Å². The van der Waals surface area contributed by atoms with Gasteiger partial charge >= 0.3 is 0 Å². The summed E-state index contributed by atoms with van der Waals surface area (Å²) in [5.41, 5.74) is 7.12. The summed E-state index contributed by atoms with van der Waals surface area (Å²) >= 11 is 2.96. The molecule has 0 saturated heterocycles. The summed E-state index contributed by atoms with van der Waals surface area (Å²) in [7, 11) is 0. The summed E-state index contributed by atoms with van der Waals surface area (Å²) in [4.78, 5) is 20.5. The van der Waals surface area contributed by atoms with Crippen LogP contribution in [0, 0.1) is 10.1 Å². The minimum absolute atomic E-state index is 0.0477. The Morgan fingerprint density at radius 3 is 2.64 bits per heavy atom. The molecule has 3 aromatic heterocycles. The maximum Gasteiger partial charge on any atom is 0.269 e. The number of non-ortho nitro benzene ring substituents is 1. The number of aryl methyl sites for hydroxylation is 1. The number of rotatable bonds is 7. The third-order valence-corrected chi connectivity index (χ3v) is 6.65. The molecule has 33 heavy (non-hydrogen) atoms. The number of nitrogens with one attached hydrogen (secondary N) is 1. The number of anilines is 1. The standard InChI is InChI=1S/C22H17N7O2S2/c1-2-19-27-28-18(20(25-22(28)33-19)15-6-4-3-5-7-15)12-23-26-21-24-17(13-32-21)14-8-10-16(11-9-14)29(30)31/h3-13H,2H2,1H3,(H,24,26)/b23-12+. The average molecular weight is 476 g/mol. The summed E-state index contributed by atoms with van der Waals surface area (Å²) < 4.78 is 1.82. The van der Waals surface area contributed by atoms with Crippen molar-refractivity contribution in [1.29, 1.82) is 0 Å². The highest BCUT2D eigenvalue weighted by Crippen LogP contribution is 2.28. The van der Waals surface area contributed by atoms with E-state index in [2.05, 4.69) is 27.5 Å². The molecule has 0 radical (unpaired) electrons. The maximum atomic E-state index is 10.8. The first-order chi connectivity index (χ1) is 16.1. The maximum absolute atomic E-state index is 10.8. The van der Waals surface area contributed by atoms with Crippen molar-refractivity contribution in [2.45, 2.75) is 13.3 Å². The number of hydrogen-bond acceptors (Lipinski definition) is 9. The van der Waals surface area contributed by atoms with E-state index in [1.165, 1.54) is 23.5 Å². The van der Waals surface area contributed by atoms with Gasteiger partial charge in [-0.2, -0.15) is 10.2 Å². The summed E-state index contributed by atoms with van der Waals surface area (Å²) in [5, 5.41) is 23.4. The minimum atomic E-state index is -0.421. The van der Waals surface area contributed by atoms with Crippen LogP contribution >= 0.6 is 22.7 Å². The fourth-order valence-corrected chi connectivity index (χ4v) is 4.74. The molecule has 3 heterocycles. The van der Waals surface area contributed by atoms with E-state index in [1.807, 2.05) is 40.2 Å². The van der Waals surface area contributed by atoms with Crippen LogP contribution in [-0.2, 0) is 6.42 Å². The minimum Gasteiger partial charge on any atom is -0.258 e. The molecule has 0 atom stereocenters. The molecule has 0 unspecified atom stereocenters. The number of thiazole rings is 1. The molecule has 0 bridgehead atoms. The average Bonchev–Trinajstić information content (AvgIpc) is 3.55. The first-order valence-electron chi connectivity index (χ1n) is 10.1. The molecular formula is C22H17N7O2S2. The zero-order valence-electron chi connectivity index (χ0n) is 17.4. The molecule has 0 fully saturated rings. The van der Waals surface area contributed by atoms with Gasteiger partial charge in [-0.25, -0.2) is 14.5 Å². The second-order valence-electron chi connectivity index (χ2n) is 6.97. The molecule has 0 saturated carbocycles. The van der Waals surface area contributed by atoms with E-state index in [0.29, 0.717) is 5.13 Å². The number of nitro benzene ring substituents is 1. The van der Waals surface area contributed by atoms with Crippen LogP contribution in [0.1, 0.15) is 17.6 Å². The summed E-state index contributed by atoms with van der Waals surface area (Å²) in [6.45, 7) is 2.07. The van der Waals surface area contributed by atoms with Gasteiger partial charge in [0.2, 0.25) is 10.1 Å². The fraction of sp³-hybridized carbons (Fsp3) is 0.0909. The molecule has 0 amide bonds. The van der Waals surface area contributed by atoms with E-state index >= 15 is 0 Å². The number of hydrogen-bond donors (Lipinski definition) is 1. The van der Waals surface area contributed by atoms with Crippen LogP contribution in [0.4, 0.5) is 10.8 Å². The first kappa shape index (κ1) is 20.9. The van der Waals surface area contributed by atoms with E-state index in [1.54, 1.807) is 29.7 Å². The van der Waals surface area contributed by atoms with E-state index in [0.717, 1.165) is 44.6 Å². The van der Waals surface area contributed by atoms with Crippen molar-refractivity contribution in [2.24, 2.45) is 5.10 Å². The number of nitro groups is 1. The van der Waals surface area contributed by atoms with Crippen LogP contribution in [0.3, 0.4) is 0 Å². The van der Waals surface area contributed by atoms with Crippen LogP contribution < -0.4 is 5.43 Å². The van der Waals surface area contributed by atoms with Crippen molar-refractivity contribution in [3.63, 3.8) is 0 Å². The van der Waals surface area contributed by atoms with Crippen molar-refractivity contribution in [2.75, 3.05) is 5.43 Å². The van der Waals surface area contributed by atoms with Crippen LogP contribution in [-0.4, -0.2) is 30.7 Å². The van der Waals surface area contributed by atoms with Gasteiger partial charge in [0.1, 0.15) is 16.4 Å². The smallest absolute Gasteiger partial charge is 0.258 e. The molecule has 0 aliphatic carbocycles. The van der Waals surface area contributed by atoms with Gasteiger partial charge in [0.05, 0.1) is 16.8 Å². The third-order valence-electron chi connectivity index (χ3n) is 4.85. The summed E-state index contributed by atoms with van der Waals surface area (Å²) in [5.74, 6) is 0. The number of fused-ring (bicyclic) bond motifs is 1. The highest BCUT2D eigenvalue weighted by Gasteiger charge is 2.16. The quantitative estimate of drug-likeness (QED) is 0.189. The van der Waals surface area contributed by atoms with Crippen molar-refractivity contribution in [3.05, 3.63) is 80.8 Å². The molecule has 0 spiro atoms. The Morgan fingerprint density at radius 1 is 1.12 bits per heavy atom. The predicted octanol–water partition coefficient (Wildman–Crippen LogP) is 5.50. The zero-order valence-corrected chi connectivity index (χ0v) is 19.0. The fourth-order valence-electron chi connectivity index (χ4n) is 3.23. The predicted molar refractivity (Wildman–Crippen MR) is 131 cm³/mol. The van der Waals surface area contributed by atoms with Gasteiger partial charge in [-0.1, -0.05) is 48.6 Å².